The molecular weight excluding hydrogens is 491 g/mol. The number of rotatable bonds is 6. The van der Waals surface area contributed by atoms with Crippen molar-refractivity contribution in [3.05, 3.63) is 70.8 Å². The highest BCUT2D eigenvalue weighted by Crippen LogP contribution is 2.80. The topological polar surface area (TPSA) is 119 Å². The van der Waals surface area contributed by atoms with Crippen LogP contribution in [0.4, 0.5) is 0 Å². The molecule has 10 nitrogen and oxygen atoms in total. The number of methoxy groups -OCH3 is 4. The Labute approximate surface area is 205 Å². The lowest BCUT2D eigenvalue weighted by Gasteiger charge is -2.36. The van der Waals surface area contributed by atoms with E-state index in [4.69, 9.17) is 32.5 Å². The van der Waals surface area contributed by atoms with Crippen molar-refractivity contribution >= 4 is 13.6 Å². The van der Waals surface area contributed by atoms with E-state index in [0.717, 1.165) is 0 Å². The number of hydrogen-bond donors (Lipinski definition) is 1. The van der Waals surface area contributed by atoms with Crippen LogP contribution in [-0.4, -0.2) is 39.3 Å². The van der Waals surface area contributed by atoms with Crippen LogP contribution in [-0.2, 0) is 24.8 Å². The van der Waals surface area contributed by atoms with E-state index in [0.29, 0.717) is 17.1 Å². The van der Waals surface area contributed by atoms with Gasteiger partial charge in [0.1, 0.15) is 17.2 Å². The normalized spacial score (nSPS) is 26.9. The van der Waals surface area contributed by atoms with E-state index in [1.54, 1.807) is 30.3 Å². The second-order valence-corrected chi connectivity index (χ2v) is 9.87. The number of phenols is 1. The molecule has 2 aliphatic heterocycles. The van der Waals surface area contributed by atoms with E-state index in [-0.39, 0.29) is 39.7 Å². The fourth-order valence-electron chi connectivity index (χ4n) is 5.32. The summed E-state index contributed by atoms with van der Waals surface area (Å²) in [5, 5.41) is 9.99. The van der Waals surface area contributed by atoms with Crippen LogP contribution in [0.5, 0.6) is 34.5 Å². The second-order valence-electron chi connectivity index (χ2n) is 8.42. The maximum absolute atomic E-state index is 14.5. The monoisotopic (exact) mass is 512 g/mol. The van der Waals surface area contributed by atoms with Gasteiger partial charge >= 0.3 is 7.82 Å². The Hall–Kier alpha value is -3.72. The van der Waals surface area contributed by atoms with Crippen molar-refractivity contribution in [1.82, 2.24) is 0 Å². The van der Waals surface area contributed by atoms with Gasteiger partial charge in [0.15, 0.2) is 17.1 Å². The molecule has 1 aliphatic carbocycles. The first-order chi connectivity index (χ1) is 17.3. The number of ketones is 1. The Morgan fingerprint density at radius 2 is 1.44 bits per heavy atom. The SMILES string of the molecule is COc1cc(OC)cc(C23OP4(=O)Oc5c(OC)cc(c(c5OC)C2(c2ccc(O)cc2)O4)C3=O)c1. The van der Waals surface area contributed by atoms with Crippen LogP contribution in [0.25, 0.3) is 0 Å². The van der Waals surface area contributed by atoms with Crippen LogP contribution in [0.3, 0.4) is 0 Å². The Bertz CT molecular complexity index is 1460. The number of hydrogen-bond acceptors (Lipinski definition) is 10. The summed E-state index contributed by atoms with van der Waals surface area (Å²) in [6.45, 7) is 0. The maximum atomic E-state index is 14.5. The van der Waals surface area contributed by atoms with Gasteiger partial charge in [0, 0.05) is 22.8 Å². The van der Waals surface area contributed by atoms with Crippen molar-refractivity contribution in [2.24, 2.45) is 0 Å². The minimum absolute atomic E-state index is 0.00532. The smallest absolute Gasteiger partial charge is 0.508 e. The summed E-state index contributed by atoms with van der Waals surface area (Å²) in [4.78, 5) is 14.5. The number of fused-ring (bicyclic) bond motifs is 2. The maximum Gasteiger partial charge on any atom is 0.533 e. The molecule has 0 spiro atoms. The number of phosphoric ester groups is 1. The van der Waals surface area contributed by atoms with Gasteiger partial charge in [0.2, 0.25) is 17.1 Å². The zero-order valence-electron chi connectivity index (χ0n) is 19.7. The summed E-state index contributed by atoms with van der Waals surface area (Å²) in [6, 6.07) is 12.3. The highest BCUT2D eigenvalue weighted by Gasteiger charge is 2.80. The highest BCUT2D eigenvalue weighted by molar-refractivity contribution is 7.49. The van der Waals surface area contributed by atoms with E-state index in [2.05, 4.69) is 0 Å². The molecule has 3 unspecified atom stereocenters. The molecule has 1 fully saturated rings. The summed E-state index contributed by atoms with van der Waals surface area (Å²) < 4.78 is 54.4. The number of Topliss-reactive ketones (excluding diaryl/α,β-unsaturated/α-hetero) is 1. The quantitative estimate of drug-likeness (QED) is 0.479. The largest absolute Gasteiger partial charge is 0.533 e. The summed E-state index contributed by atoms with van der Waals surface area (Å²) >= 11 is 0. The zero-order chi connectivity index (χ0) is 25.5. The van der Waals surface area contributed by atoms with Crippen LogP contribution in [0.15, 0.2) is 48.5 Å². The predicted octanol–water partition coefficient (Wildman–Crippen LogP) is 4.31. The molecule has 1 saturated heterocycles. The van der Waals surface area contributed by atoms with E-state index in [1.807, 2.05) is 0 Å². The molecule has 3 aromatic carbocycles. The predicted molar refractivity (Wildman–Crippen MR) is 124 cm³/mol. The fourth-order valence-corrected chi connectivity index (χ4v) is 7.14. The molecule has 11 heteroatoms. The average molecular weight is 512 g/mol. The van der Waals surface area contributed by atoms with Crippen molar-refractivity contribution in [2.75, 3.05) is 28.4 Å². The van der Waals surface area contributed by atoms with Crippen molar-refractivity contribution in [1.29, 1.82) is 0 Å². The lowest BCUT2D eigenvalue weighted by atomic mass is 9.73. The summed E-state index contributed by atoms with van der Waals surface area (Å²) in [5.41, 5.74) is -2.75. The van der Waals surface area contributed by atoms with E-state index in [1.165, 1.54) is 46.6 Å². The van der Waals surface area contributed by atoms with Crippen LogP contribution in [0, 0.1) is 0 Å². The molecular formula is C25H21O10P. The van der Waals surface area contributed by atoms with Gasteiger partial charge in [0.25, 0.3) is 0 Å². The average Bonchev–Trinajstić information content (AvgIpc) is 3.26. The van der Waals surface area contributed by atoms with Gasteiger partial charge in [-0.25, -0.2) is 4.57 Å². The molecule has 36 heavy (non-hydrogen) atoms. The van der Waals surface area contributed by atoms with Gasteiger partial charge in [-0.15, -0.1) is 0 Å². The van der Waals surface area contributed by atoms with Crippen molar-refractivity contribution < 1.29 is 47.0 Å². The molecule has 6 rings (SSSR count). The van der Waals surface area contributed by atoms with E-state index >= 15 is 0 Å². The molecule has 3 aliphatic rings. The molecule has 0 radical (unpaired) electrons. The molecule has 0 saturated carbocycles. The first-order valence-electron chi connectivity index (χ1n) is 10.9. The second kappa shape index (κ2) is 7.39. The molecule has 0 amide bonds. The van der Waals surface area contributed by atoms with Crippen LogP contribution in [0.1, 0.15) is 27.0 Å². The van der Waals surface area contributed by atoms with Gasteiger partial charge in [0.05, 0.1) is 28.4 Å². The van der Waals surface area contributed by atoms with Gasteiger partial charge in [-0.05, 0) is 35.9 Å². The van der Waals surface area contributed by atoms with E-state index in [9.17, 15) is 14.5 Å². The molecule has 0 aromatic heterocycles. The minimum atomic E-state index is -4.47. The van der Waals surface area contributed by atoms with E-state index < -0.39 is 24.8 Å². The van der Waals surface area contributed by atoms with Gasteiger partial charge in [-0.2, -0.15) is 0 Å². The summed E-state index contributed by atoms with van der Waals surface area (Å²) in [5.74, 6) is 0.439. The van der Waals surface area contributed by atoms with Crippen LogP contribution >= 0.6 is 7.82 Å². The number of carbonyl (C=O) groups excluding carboxylic acids is 1. The zero-order valence-corrected chi connectivity index (χ0v) is 20.6. The lowest BCUT2D eigenvalue weighted by molar-refractivity contribution is -0.00298. The standard InChI is InChI=1S/C25H21O10P/c1-29-16-9-14(10-17(11-16)30-2)25-23(27)18-12-19(31-3)21-22(32-4)20(18)24(25,34-36(28,33-21)35-25)13-5-7-15(26)8-6-13/h5-12,26H,1-4H3. The first kappa shape index (κ1) is 22.7. The Kier molecular flexibility index (Phi) is 4.67. The highest BCUT2D eigenvalue weighted by atomic mass is 31.2. The number of phenolic OH excluding ortho intramolecular Hbond substituents is 1. The van der Waals surface area contributed by atoms with Crippen molar-refractivity contribution in [3.63, 3.8) is 0 Å². The molecule has 186 valence electrons. The van der Waals surface area contributed by atoms with Gasteiger partial charge in [-0.3, -0.25) is 13.8 Å². The Morgan fingerprint density at radius 3 is 2.03 bits per heavy atom. The first-order valence-corrected chi connectivity index (χ1v) is 12.3. The van der Waals surface area contributed by atoms with Crippen molar-refractivity contribution in [2.45, 2.75) is 11.2 Å². The van der Waals surface area contributed by atoms with Crippen LogP contribution in [0.2, 0.25) is 0 Å². The number of benzene rings is 3. The molecule has 3 atom stereocenters. The molecule has 3 aromatic rings. The molecule has 1 N–H and O–H groups in total. The minimum Gasteiger partial charge on any atom is -0.508 e. The number of aromatic hydroxyl groups is 1. The Balaban J connectivity index is 1.81. The third-order valence-corrected chi connectivity index (χ3v) is 8.17. The Morgan fingerprint density at radius 1 is 0.806 bits per heavy atom. The molecule has 4 bridgehead atoms. The number of ether oxygens (including phenoxy) is 4. The summed E-state index contributed by atoms with van der Waals surface area (Å²) in [7, 11) is 1.27. The molecule has 2 heterocycles. The third-order valence-electron chi connectivity index (χ3n) is 6.77. The van der Waals surface area contributed by atoms with Gasteiger partial charge in [-0.1, -0.05) is 12.1 Å². The van der Waals surface area contributed by atoms with Gasteiger partial charge < -0.3 is 28.6 Å². The van der Waals surface area contributed by atoms with Crippen molar-refractivity contribution in [3.8, 4) is 34.5 Å². The van der Waals surface area contributed by atoms with Crippen LogP contribution < -0.4 is 23.5 Å². The number of carbonyl (C=O) groups is 1. The third kappa shape index (κ3) is 2.58. The number of phosphoric acid groups is 1. The summed E-state index contributed by atoms with van der Waals surface area (Å²) in [6.07, 6.45) is 0. The lowest BCUT2D eigenvalue weighted by Crippen LogP contribution is -2.48. The fraction of sp³-hybridized carbons (Fsp3) is 0.240.